The molecule has 0 amide bonds. The molecule has 5 aromatic rings. The van der Waals surface area contributed by atoms with Crippen LogP contribution in [0.5, 0.6) is 5.75 Å². The highest BCUT2D eigenvalue weighted by Crippen LogP contribution is 2.34. The number of rotatable bonds is 4. The minimum atomic E-state index is -2.90. The molecule has 2 heterocycles. The molecule has 0 saturated heterocycles. The first kappa shape index (κ1) is 21.0. The summed E-state index contributed by atoms with van der Waals surface area (Å²) in [6, 6.07) is 21.5. The number of pyridine rings is 1. The van der Waals surface area contributed by atoms with Crippen molar-refractivity contribution in [3.63, 3.8) is 0 Å². The van der Waals surface area contributed by atoms with Gasteiger partial charge in [0.1, 0.15) is 5.75 Å². The number of halogens is 2. The van der Waals surface area contributed by atoms with E-state index in [-0.39, 0.29) is 15.8 Å². The van der Waals surface area contributed by atoms with E-state index in [1.54, 1.807) is 24.3 Å². The predicted octanol–water partition coefficient (Wildman–Crippen LogP) is 6.21. The number of ether oxygens (including phenoxy) is 1. The fourth-order valence-corrected chi connectivity index (χ4v) is 4.33. The van der Waals surface area contributed by atoms with Crippen LogP contribution >= 0.6 is 12.2 Å². The number of benzene rings is 3. The molecule has 0 unspecified atom stereocenters. The van der Waals surface area contributed by atoms with Gasteiger partial charge in [0.15, 0.2) is 10.4 Å². The predicted molar refractivity (Wildman–Crippen MR) is 127 cm³/mol. The zero-order valence-electron chi connectivity index (χ0n) is 17.4. The second kappa shape index (κ2) is 8.22. The molecule has 2 aromatic heterocycles. The van der Waals surface area contributed by atoms with Gasteiger partial charge in [0.2, 0.25) is 0 Å². The maximum absolute atomic E-state index is 14.2. The van der Waals surface area contributed by atoms with Gasteiger partial charge in [-0.3, -0.25) is 14.3 Å². The Bertz CT molecular complexity index is 1640. The van der Waals surface area contributed by atoms with Crippen LogP contribution < -0.4 is 10.3 Å². The lowest BCUT2D eigenvalue weighted by Crippen LogP contribution is -2.17. The fraction of sp³-hybridized carbons (Fsp3) is 0.0800. The van der Waals surface area contributed by atoms with E-state index in [2.05, 4.69) is 4.98 Å². The minimum absolute atomic E-state index is 0.0276. The van der Waals surface area contributed by atoms with Crippen molar-refractivity contribution in [2.45, 2.75) is 6.43 Å². The van der Waals surface area contributed by atoms with Crippen LogP contribution in [-0.4, -0.2) is 21.6 Å². The SMILES string of the molecule is COc1ccccc1-n1c(=S)[nH]c(=O)c2c(C(F)F)cc(-c3cccc4ccccc34)nc21. The summed E-state index contributed by atoms with van der Waals surface area (Å²) >= 11 is 5.43. The lowest BCUT2D eigenvalue weighted by molar-refractivity contribution is 0.153. The van der Waals surface area contributed by atoms with Gasteiger partial charge < -0.3 is 4.74 Å². The van der Waals surface area contributed by atoms with Gasteiger partial charge in [-0.2, -0.15) is 0 Å². The highest BCUT2D eigenvalue weighted by Gasteiger charge is 2.22. The van der Waals surface area contributed by atoms with Crippen LogP contribution in [0.1, 0.15) is 12.0 Å². The fourth-order valence-electron chi connectivity index (χ4n) is 4.05. The van der Waals surface area contributed by atoms with E-state index < -0.39 is 17.5 Å². The third kappa shape index (κ3) is 3.48. The number of alkyl halides is 2. The van der Waals surface area contributed by atoms with Crippen molar-refractivity contribution in [1.82, 2.24) is 14.5 Å². The molecule has 0 fully saturated rings. The van der Waals surface area contributed by atoms with Crippen molar-refractivity contribution in [3.8, 4) is 22.7 Å². The molecule has 5 rings (SSSR count). The zero-order valence-corrected chi connectivity index (χ0v) is 18.2. The molecule has 33 heavy (non-hydrogen) atoms. The first-order chi connectivity index (χ1) is 16.0. The molecule has 8 heteroatoms. The van der Waals surface area contributed by atoms with Crippen LogP contribution in [0.3, 0.4) is 0 Å². The van der Waals surface area contributed by atoms with Crippen molar-refractivity contribution < 1.29 is 13.5 Å². The summed E-state index contributed by atoms with van der Waals surface area (Å²) < 4.78 is 35.4. The van der Waals surface area contributed by atoms with E-state index in [9.17, 15) is 13.6 Å². The quantitative estimate of drug-likeness (QED) is 0.323. The monoisotopic (exact) mass is 461 g/mol. The molecule has 0 atom stereocenters. The lowest BCUT2D eigenvalue weighted by atomic mass is 10.00. The highest BCUT2D eigenvalue weighted by atomic mass is 32.1. The molecule has 5 nitrogen and oxygen atoms in total. The largest absolute Gasteiger partial charge is 0.495 e. The Morgan fingerprint density at radius 2 is 1.76 bits per heavy atom. The molecule has 164 valence electrons. The van der Waals surface area contributed by atoms with Crippen LogP contribution in [0.4, 0.5) is 8.78 Å². The summed E-state index contributed by atoms with van der Waals surface area (Å²) in [5, 5.41) is 1.59. The second-order valence-corrected chi connectivity index (χ2v) is 7.78. The molecule has 0 aliphatic carbocycles. The van der Waals surface area contributed by atoms with Crippen LogP contribution in [0.2, 0.25) is 0 Å². The second-order valence-electron chi connectivity index (χ2n) is 7.39. The molecule has 0 radical (unpaired) electrons. The standard InChI is InChI=1S/C25H17F2N3O2S/c1-32-20-12-5-4-11-19(20)30-23-21(24(31)29-25(30)33)17(22(26)27)13-18(28-23)16-10-6-8-14-7-2-3-9-15(14)16/h2-13,22H,1H3,(H,29,31,33). The summed E-state index contributed by atoms with van der Waals surface area (Å²) in [6.07, 6.45) is -2.90. The Labute approximate surface area is 191 Å². The number of H-pyrrole nitrogens is 1. The third-order valence-electron chi connectivity index (χ3n) is 5.52. The van der Waals surface area contributed by atoms with Gasteiger partial charge in [0.25, 0.3) is 12.0 Å². The maximum Gasteiger partial charge on any atom is 0.264 e. The number of aromatic amines is 1. The summed E-state index contributed by atoms with van der Waals surface area (Å²) in [7, 11) is 1.50. The maximum atomic E-state index is 14.2. The highest BCUT2D eigenvalue weighted by molar-refractivity contribution is 7.71. The van der Waals surface area contributed by atoms with Crippen molar-refractivity contribution in [2.24, 2.45) is 0 Å². The zero-order chi connectivity index (χ0) is 23.1. The van der Waals surface area contributed by atoms with E-state index >= 15 is 0 Å². The minimum Gasteiger partial charge on any atom is -0.495 e. The number of nitrogens with one attached hydrogen (secondary N) is 1. The van der Waals surface area contributed by atoms with Gasteiger partial charge in [-0.05, 0) is 41.2 Å². The summed E-state index contributed by atoms with van der Waals surface area (Å²) in [5.74, 6) is 0.456. The normalized spacial score (nSPS) is 11.4. The van der Waals surface area contributed by atoms with E-state index in [0.29, 0.717) is 22.7 Å². The Hall–Kier alpha value is -3.91. The lowest BCUT2D eigenvalue weighted by Gasteiger charge is -2.17. The molecule has 3 aromatic carbocycles. The molecule has 0 saturated carbocycles. The van der Waals surface area contributed by atoms with E-state index in [0.717, 1.165) is 10.8 Å². The topological polar surface area (TPSA) is 59.9 Å². The Balaban J connectivity index is 1.96. The van der Waals surface area contributed by atoms with Crippen molar-refractivity contribution in [2.75, 3.05) is 7.11 Å². The summed E-state index contributed by atoms with van der Waals surface area (Å²) in [4.78, 5) is 20.0. The van der Waals surface area contributed by atoms with Crippen molar-refractivity contribution in [3.05, 3.63) is 93.5 Å². The number of hydrogen-bond acceptors (Lipinski definition) is 4. The van der Waals surface area contributed by atoms with Gasteiger partial charge >= 0.3 is 0 Å². The third-order valence-corrected chi connectivity index (χ3v) is 5.80. The first-order valence-electron chi connectivity index (χ1n) is 10.1. The molecule has 0 spiro atoms. The van der Waals surface area contributed by atoms with Crippen LogP contribution in [0, 0.1) is 4.77 Å². The van der Waals surface area contributed by atoms with Crippen LogP contribution in [0.15, 0.2) is 77.6 Å². The van der Waals surface area contributed by atoms with E-state index in [1.807, 2.05) is 42.5 Å². The number of nitrogens with zero attached hydrogens (tertiary/aromatic N) is 2. The Kier molecular flexibility index (Phi) is 5.22. The van der Waals surface area contributed by atoms with Crippen molar-refractivity contribution in [1.29, 1.82) is 0 Å². The summed E-state index contributed by atoms with van der Waals surface area (Å²) in [5.41, 5.74) is 0.382. The Morgan fingerprint density at radius 3 is 2.55 bits per heavy atom. The number of hydrogen-bond donors (Lipinski definition) is 1. The summed E-state index contributed by atoms with van der Waals surface area (Å²) in [6.45, 7) is 0. The molecule has 1 N–H and O–H groups in total. The van der Waals surface area contributed by atoms with Gasteiger partial charge in [0, 0.05) is 11.1 Å². The number of aromatic nitrogens is 3. The van der Waals surface area contributed by atoms with E-state index in [1.165, 1.54) is 17.7 Å². The molecule has 0 aliphatic rings. The van der Waals surface area contributed by atoms with Gasteiger partial charge in [0.05, 0.1) is 23.9 Å². The van der Waals surface area contributed by atoms with Gasteiger partial charge in [-0.25, -0.2) is 13.8 Å². The number of para-hydroxylation sites is 2. The molecular weight excluding hydrogens is 444 g/mol. The number of fused-ring (bicyclic) bond motifs is 2. The Morgan fingerprint density at radius 1 is 1.03 bits per heavy atom. The molecular formula is C25H17F2N3O2S. The van der Waals surface area contributed by atoms with Crippen molar-refractivity contribution >= 4 is 34.0 Å². The van der Waals surface area contributed by atoms with Gasteiger partial charge in [-0.1, -0.05) is 54.6 Å². The smallest absolute Gasteiger partial charge is 0.264 e. The number of methoxy groups -OCH3 is 1. The average Bonchev–Trinajstić information content (AvgIpc) is 2.83. The molecule has 0 aliphatic heterocycles. The molecule has 0 bridgehead atoms. The average molecular weight is 461 g/mol. The van der Waals surface area contributed by atoms with E-state index in [4.69, 9.17) is 21.9 Å². The first-order valence-corrected chi connectivity index (χ1v) is 10.5. The van der Waals surface area contributed by atoms with Crippen LogP contribution in [-0.2, 0) is 0 Å². The van der Waals surface area contributed by atoms with Gasteiger partial charge in [-0.15, -0.1) is 0 Å². The van der Waals surface area contributed by atoms with Crippen LogP contribution in [0.25, 0.3) is 38.8 Å².